The molecule has 0 aromatic heterocycles. The second-order valence-corrected chi connectivity index (χ2v) is 10.4. The number of amides is 1. The molecule has 6 nitrogen and oxygen atoms in total. The molecule has 1 amide bonds. The highest BCUT2D eigenvalue weighted by Gasteiger charge is 2.27. The average Bonchev–Trinajstić information content (AvgIpc) is 2.76. The Morgan fingerprint density at radius 1 is 0.970 bits per heavy atom. The summed E-state index contributed by atoms with van der Waals surface area (Å²) in [6, 6.07) is 17.9. The van der Waals surface area contributed by atoms with Crippen LogP contribution in [0.3, 0.4) is 0 Å². The minimum Gasteiger partial charge on any atom is -0.272 e. The largest absolute Gasteiger partial charge is 0.272 e. The van der Waals surface area contributed by atoms with E-state index in [0.717, 1.165) is 15.4 Å². The highest BCUT2D eigenvalue weighted by molar-refractivity contribution is 7.89. The van der Waals surface area contributed by atoms with E-state index in [9.17, 15) is 13.2 Å². The van der Waals surface area contributed by atoms with Gasteiger partial charge in [-0.05, 0) is 54.4 Å². The molecule has 0 aliphatic rings. The third-order valence-corrected chi connectivity index (χ3v) is 7.26. The van der Waals surface area contributed by atoms with E-state index < -0.39 is 22.5 Å². The van der Waals surface area contributed by atoms with E-state index in [4.69, 9.17) is 34.8 Å². The van der Waals surface area contributed by atoms with Crippen molar-refractivity contribution in [2.75, 3.05) is 6.54 Å². The van der Waals surface area contributed by atoms with Gasteiger partial charge in [-0.25, -0.2) is 13.8 Å². The number of halogens is 3. The van der Waals surface area contributed by atoms with Crippen LogP contribution in [-0.4, -0.2) is 31.4 Å². The van der Waals surface area contributed by atoms with Gasteiger partial charge in [0.05, 0.1) is 17.7 Å². The Morgan fingerprint density at radius 2 is 1.61 bits per heavy atom. The summed E-state index contributed by atoms with van der Waals surface area (Å²) < 4.78 is 27.6. The molecule has 33 heavy (non-hydrogen) atoms. The van der Waals surface area contributed by atoms with E-state index in [1.165, 1.54) is 36.5 Å². The number of carbonyl (C=O) groups is 1. The standard InChI is InChI=1S/C23H20Cl3N3O3S/c1-16-2-4-17(5-3-16)13-27-28-23(30)15-29(14-18-6-7-20(25)12-22(18)26)33(31,32)21-10-8-19(24)9-11-21/h2-13H,14-15H2,1H3,(H,28,30)/b27-13-. The Labute approximate surface area is 207 Å². The molecule has 0 aliphatic heterocycles. The molecule has 0 saturated heterocycles. The lowest BCUT2D eigenvalue weighted by molar-refractivity contribution is -0.121. The SMILES string of the molecule is Cc1ccc(/C=N\NC(=O)CN(Cc2ccc(Cl)cc2Cl)S(=O)(=O)c2ccc(Cl)cc2)cc1. The second kappa shape index (κ2) is 11.1. The van der Waals surface area contributed by atoms with Gasteiger partial charge in [-0.2, -0.15) is 9.41 Å². The molecule has 10 heteroatoms. The topological polar surface area (TPSA) is 78.8 Å². The molecule has 0 heterocycles. The van der Waals surface area contributed by atoms with Gasteiger partial charge in [-0.1, -0.05) is 70.7 Å². The van der Waals surface area contributed by atoms with Crippen LogP contribution >= 0.6 is 34.8 Å². The van der Waals surface area contributed by atoms with Crippen LogP contribution in [0.4, 0.5) is 0 Å². The number of hydrazone groups is 1. The highest BCUT2D eigenvalue weighted by Crippen LogP contribution is 2.25. The van der Waals surface area contributed by atoms with Crippen LogP contribution in [0.25, 0.3) is 0 Å². The van der Waals surface area contributed by atoms with Gasteiger partial charge in [0.1, 0.15) is 0 Å². The monoisotopic (exact) mass is 523 g/mol. The van der Waals surface area contributed by atoms with E-state index in [1.54, 1.807) is 12.1 Å². The second-order valence-electron chi connectivity index (χ2n) is 7.17. The summed E-state index contributed by atoms with van der Waals surface area (Å²) in [5.74, 6) is -0.610. The van der Waals surface area contributed by atoms with Crippen LogP contribution in [0, 0.1) is 6.92 Å². The third kappa shape index (κ3) is 7.03. The van der Waals surface area contributed by atoms with Crippen molar-refractivity contribution in [1.82, 2.24) is 9.73 Å². The predicted molar refractivity (Wildman–Crippen MR) is 132 cm³/mol. The summed E-state index contributed by atoms with van der Waals surface area (Å²) in [7, 11) is -4.05. The average molecular weight is 525 g/mol. The van der Waals surface area contributed by atoms with Gasteiger partial charge in [-0.15, -0.1) is 0 Å². The molecule has 0 saturated carbocycles. The van der Waals surface area contributed by atoms with Gasteiger partial charge in [-0.3, -0.25) is 4.79 Å². The summed E-state index contributed by atoms with van der Waals surface area (Å²) in [4.78, 5) is 12.5. The fourth-order valence-electron chi connectivity index (χ4n) is 2.85. The Kier molecular flexibility index (Phi) is 8.51. The summed E-state index contributed by atoms with van der Waals surface area (Å²) in [6.45, 7) is 1.34. The van der Waals surface area contributed by atoms with Crippen molar-refractivity contribution in [1.29, 1.82) is 0 Å². The first kappa shape index (κ1) is 25.2. The van der Waals surface area contributed by atoms with Crippen LogP contribution in [0.2, 0.25) is 15.1 Å². The molecule has 0 bridgehead atoms. The number of nitrogens with zero attached hydrogens (tertiary/aromatic N) is 2. The first-order chi connectivity index (χ1) is 15.6. The van der Waals surface area contributed by atoms with Crippen molar-refractivity contribution in [2.24, 2.45) is 5.10 Å². The Hall–Kier alpha value is -2.42. The smallest absolute Gasteiger partial charge is 0.255 e. The lowest BCUT2D eigenvalue weighted by Crippen LogP contribution is -2.39. The maximum atomic E-state index is 13.3. The number of aryl methyl sites for hydroxylation is 1. The number of nitrogens with one attached hydrogen (secondary N) is 1. The number of sulfonamides is 1. The molecule has 3 aromatic rings. The van der Waals surface area contributed by atoms with Crippen molar-refractivity contribution < 1.29 is 13.2 Å². The van der Waals surface area contributed by atoms with Gasteiger partial charge in [0.15, 0.2) is 0 Å². The van der Waals surface area contributed by atoms with Gasteiger partial charge in [0.25, 0.3) is 5.91 Å². The molecule has 0 unspecified atom stereocenters. The molecule has 172 valence electrons. The van der Waals surface area contributed by atoms with Gasteiger partial charge in [0.2, 0.25) is 10.0 Å². The zero-order valence-corrected chi connectivity index (χ0v) is 20.6. The number of hydrogen-bond acceptors (Lipinski definition) is 4. The molecule has 3 rings (SSSR count). The molecule has 0 radical (unpaired) electrons. The van der Waals surface area contributed by atoms with E-state index >= 15 is 0 Å². The van der Waals surface area contributed by atoms with Crippen LogP contribution < -0.4 is 5.43 Å². The number of hydrogen-bond donors (Lipinski definition) is 1. The van der Waals surface area contributed by atoms with E-state index in [-0.39, 0.29) is 16.5 Å². The summed E-state index contributed by atoms with van der Waals surface area (Å²) >= 11 is 18.1. The lowest BCUT2D eigenvalue weighted by atomic mass is 10.2. The lowest BCUT2D eigenvalue weighted by Gasteiger charge is -2.22. The molecule has 3 aromatic carbocycles. The van der Waals surface area contributed by atoms with Crippen molar-refractivity contribution in [2.45, 2.75) is 18.4 Å². The maximum absolute atomic E-state index is 13.3. The van der Waals surface area contributed by atoms with E-state index in [1.807, 2.05) is 31.2 Å². The summed E-state index contributed by atoms with van der Waals surface area (Å²) in [5.41, 5.74) is 4.75. The molecule has 0 spiro atoms. The van der Waals surface area contributed by atoms with Crippen LogP contribution in [-0.2, 0) is 21.4 Å². The normalized spacial score (nSPS) is 11.8. The minimum atomic E-state index is -4.05. The molecule has 1 N–H and O–H groups in total. The number of carbonyl (C=O) groups excluding carboxylic acids is 1. The highest BCUT2D eigenvalue weighted by atomic mass is 35.5. The first-order valence-electron chi connectivity index (χ1n) is 9.73. The van der Waals surface area contributed by atoms with Crippen molar-refractivity contribution in [3.8, 4) is 0 Å². The third-order valence-electron chi connectivity index (χ3n) is 4.61. The van der Waals surface area contributed by atoms with Crippen LogP contribution in [0.1, 0.15) is 16.7 Å². The molecule has 0 atom stereocenters. The fourth-order valence-corrected chi connectivity index (χ4v) is 4.82. The summed E-state index contributed by atoms with van der Waals surface area (Å²) in [6.07, 6.45) is 1.48. The Morgan fingerprint density at radius 3 is 2.24 bits per heavy atom. The molecule has 0 aliphatic carbocycles. The predicted octanol–water partition coefficient (Wildman–Crippen LogP) is 5.30. The van der Waals surface area contributed by atoms with E-state index in [2.05, 4.69) is 10.5 Å². The quantitative estimate of drug-likeness (QED) is 0.321. The molecule has 0 fully saturated rings. The zero-order chi connectivity index (χ0) is 24.0. The Balaban J connectivity index is 1.82. The minimum absolute atomic E-state index is 0.00653. The van der Waals surface area contributed by atoms with Crippen LogP contribution in [0.15, 0.2) is 76.7 Å². The van der Waals surface area contributed by atoms with Crippen molar-refractivity contribution in [3.05, 3.63) is 98.5 Å². The number of benzene rings is 3. The molecular weight excluding hydrogens is 505 g/mol. The van der Waals surface area contributed by atoms with Gasteiger partial charge in [0, 0.05) is 21.6 Å². The van der Waals surface area contributed by atoms with Gasteiger partial charge >= 0.3 is 0 Å². The van der Waals surface area contributed by atoms with Gasteiger partial charge < -0.3 is 0 Å². The zero-order valence-electron chi connectivity index (χ0n) is 17.5. The van der Waals surface area contributed by atoms with Crippen molar-refractivity contribution in [3.63, 3.8) is 0 Å². The number of rotatable bonds is 8. The van der Waals surface area contributed by atoms with E-state index in [0.29, 0.717) is 15.6 Å². The Bertz CT molecular complexity index is 1260. The fraction of sp³-hybridized carbons (Fsp3) is 0.130. The van der Waals surface area contributed by atoms with Crippen molar-refractivity contribution >= 4 is 56.9 Å². The molecular formula is C23H20Cl3N3O3S. The van der Waals surface area contributed by atoms with Crippen LogP contribution in [0.5, 0.6) is 0 Å². The maximum Gasteiger partial charge on any atom is 0.255 e. The summed E-state index contributed by atoms with van der Waals surface area (Å²) in [5, 5.41) is 5.02. The first-order valence-corrected chi connectivity index (χ1v) is 12.3.